The van der Waals surface area contributed by atoms with Crippen molar-refractivity contribution >= 4 is 11.9 Å². The van der Waals surface area contributed by atoms with Gasteiger partial charge in [-0.2, -0.15) is 0 Å². The Morgan fingerprint density at radius 1 is 1.20 bits per heavy atom. The number of nitrogens with one attached hydrogen (secondary N) is 1. The maximum absolute atomic E-state index is 12.1. The molecule has 0 spiro atoms. The van der Waals surface area contributed by atoms with E-state index < -0.39 is 11.5 Å². The number of hydrogen-bond acceptors (Lipinski definition) is 4. The summed E-state index contributed by atoms with van der Waals surface area (Å²) in [6, 6.07) is 9.71. The molecule has 0 fully saturated rings. The van der Waals surface area contributed by atoms with Crippen LogP contribution in [0.3, 0.4) is 0 Å². The largest absolute Gasteiger partial charge is 0.481 e. The molecule has 25 heavy (non-hydrogen) atoms. The zero-order valence-electron chi connectivity index (χ0n) is 14.8. The van der Waals surface area contributed by atoms with Crippen molar-refractivity contribution in [1.29, 1.82) is 0 Å². The van der Waals surface area contributed by atoms with Gasteiger partial charge in [-0.3, -0.25) is 9.59 Å². The summed E-state index contributed by atoms with van der Waals surface area (Å²) in [6.07, 6.45) is 1.04. The molecule has 1 heterocycles. The number of rotatable bonds is 8. The number of benzene rings is 1. The van der Waals surface area contributed by atoms with Crippen molar-refractivity contribution in [2.45, 2.75) is 52.0 Å². The van der Waals surface area contributed by atoms with E-state index in [1.165, 1.54) is 0 Å². The molecule has 134 valence electrons. The first-order valence-corrected chi connectivity index (χ1v) is 8.31. The smallest absolute Gasteiger partial charge is 0.303 e. The minimum Gasteiger partial charge on any atom is -0.481 e. The molecule has 6 heteroatoms. The van der Waals surface area contributed by atoms with E-state index in [9.17, 15) is 9.59 Å². The highest BCUT2D eigenvalue weighted by molar-refractivity contribution is 5.77. The molecule has 1 aromatic carbocycles. The van der Waals surface area contributed by atoms with Gasteiger partial charge in [0.25, 0.3) is 0 Å². The summed E-state index contributed by atoms with van der Waals surface area (Å²) >= 11 is 0. The lowest BCUT2D eigenvalue weighted by molar-refractivity contribution is -0.137. The third-order valence-corrected chi connectivity index (χ3v) is 3.88. The highest BCUT2D eigenvalue weighted by Crippen LogP contribution is 2.24. The van der Waals surface area contributed by atoms with E-state index >= 15 is 0 Å². The molecule has 0 aliphatic heterocycles. The highest BCUT2D eigenvalue weighted by Gasteiger charge is 2.22. The molecule has 0 bridgehead atoms. The fraction of sp³-hybridized carbons (Fsp3) is 0.421. The van der Waals surface area contributed by atoms with Crippen molar-refractivity contribution in [3.8, 4) is 11.3 Å². The van der Waals surface area contributed by atoms with Crippen LogP contribution in [0.15, 0.2) is 34.7 Å². The van der Waals surface area contributed by atoms with Crippen LogP contribution in [0.1, 0.15) is 44.7 Å². The predicted molar refractivity (Wildman–Crippen MR) is 94.1 cm³/mol. The van der Waals surface area contributed by atoms with Gasteiger partial charge in [0, 0.05) is 30.4 Å². The molecule has 0 aliphatic rings. The van der Waals surface area contributed by atoms with Crippen LogP contribution in [0.2, 0.25) is 0 Å². The zero-order valence-corrected chi connectivity index (χ0v) is 14.8. The molecule has 1 aromatic heterocycles. The minimum absolute atomic E-state index is 0.0205. The van der Waals surface area contributed by atoms with E-state index in [-0.39, 0.29) is 18.7 Å². The SMILES string of the molecule is Cc1nc(CCC(=O)NC(C)(C)CCC(=O)O)oc1-c1ccccc1. The van der Waals surface area contributed by atoms with Gasteiger partial charge in [0.15, 0.2) is 11.7 Å². The number of aliphatic carboxylic acids is 1. The summed E-state index contributed by atoms with van der Waals surface area (Å²) in [7, 11) is 0. The van der Waals surface area contributed by atoms with Crippen LogP contribution in [0, 0.1) is 6.92 Å². The maximum atomic E-state index is 12.1. The van der Waals surface area contributed by atoms with E-state index in [1.807, 2.05) is 51.1 Å². The Kier molecular flexibility index (Phi) is 5.96. The van der Waals surface area contributed by atoms with Gasteiger partial charge in [0.2, 0.25) is 5.91 Å². The zero-order chi connectivity index (χ0) is 18.4. The average Bonchev–Trinajstić information content (AvgIpc) is 2.93. The molecular weight excluding hydrogens is 320 g/mol. The van der Waals surface area contributed by atoms with Crippen LogP contribution < -0.4 is 5.32 Å². The Morgan fingerprint density at radius 2 is 1.88 bits per heavy atom. The van der Waals surface area contributed by atoms with Crippen LogP contribution in [-0.2, 0) is 16.0 Å². The van der Waals surface area contributed by atoms with E-state index in [1.54, 1.807) is 0 Å². The summed E-state index contributed by atoms with van der Waals surface area (Å²) in [5.41, 5.74) is 1.19. The predicted octanol–water partition coefficient (Wildman–Crippen LogP) is 3.34. The van der Waals surface area contributed by atoms with Gasteiger partial charge in [0.1, 0.15) is 0 Å². The monoisotopic (exact) mass is 344 g/mol. The van der Waals surface area contributed by atoms with Gasteiger partial charge in [-0.1, -0.05) is 30.3 Å². The van der Waals surface area contributed by atoms with E-state index in [2.05, 4.69) is 10.3 Å². The van der Waals surface area contributed by atoms with Crippen molar-refractivity contribution in [3.63, 3.8) is 0 Å². The van der Waals surface area contributed by atoms with E-state index in [0.29, 0.717) is 18.7 Å². The number of nitrogens with zero attached hydrogens (tertiary/aromatic N) is 1. The minimum atomic E-state index is -0.869. The molecule has 0 unspecified atom stereocenters. The molecule has 2 aromatic rings. The molecule has 0 atom stereocenters. The van der Waals surface area contributed by atoms with Gasteiger partial charge in [-0.05, 0) is 27.2 Å². The Balaban J connectivity index is 1.91. The van der Waals surface area contributed by atoms with Gasteiger partial charge in [-0.25, -0.2) is 4.98 Å². The van der Waals surface area contributed by atoms with Crippen molar-refractivity contribution in [1.82, 2.24) is 10.3 Å². The molecule has 0 aliphatic carbocycles. The normalized spacial score (nSPS) is 11.3. The molecule has 0 radical (unpaired) electrons. The average molecular weight is 344 g/mol. The van der Waals surface area contributed by atoms with Crippen molar-refractivity contribution < 1.29 is 19.1 Å². The fourth-order valence-corrected chi connectivity index (χ4v) is 2.56. The Labute approximate surface area is 147 Å². The first-order valence-electron chi connectivity index (χ1n) is 8.31. The maximum Gasteiger partial charge on any atom is 0.303 e. The number of carbonyl (C=O) groups excluding carboxylic acids is 1. The molecule has 2 rings (SSSR count). The van der Waals surface area contributed by atoms with Gasteiger partial charge >= 0.3 is 5.97 Å². The fourth-order valence-electron chi connectivity index (χ4n) is 2.56. The summed E-state index contributed by atoms with van der Waals surface area (Å²) in [6.45, 7) is 5.51. The summed E-state index contributed by atoms with van der Waals surface area (Å²) in [5, 5.41) is 11.6. The number of carboxylic acids is 1. The third kappa shape index (κ3) is 5.74. The Morgan fingerprint density at radius 3 is 2.52 bits per heavy atom. The second-order valence-electron chi connectivity index (χ2n) is 6.71. The first-order chi connectivity index (χ1) is 11.8. The summed E-state index contributed by atoms with van der Waals surface area (Å²) in [5.74, 6) is 0.228. The highest BCUT2D eigenvalue weighted by atomic mass is 16.4. The molecule has 0 saturated carbocycles. The number of oxazole rings is 1. The van der Waals surface area contributed by atoms with Crippen molar-refractivity contribution in [2.24, 2.45) is 0 Å². The van der Waals surface area contributed by atoms with Crippen LogP contribution in [-0.4, -0.2) is 27.5 Å². The van der Waals surface area contributed by atoms with Crippen LogP contribution in [0.25, 0.3) is 11.3 Å². The molecular formula is C19H24N2O4. The van der Waals surface area contributed by atoms with Crippen molar-refractivity contribution in [2.75, 3.05) is 0 Å². The lowest BCUT2D eigenvalue weighted by Gasteiger charge is -2.25. The van der Waals surface area contributed by atoms with Crippen molar-refractivity contribution in [3.05, 3.63) is 41.9 Å². The second kappa shape index (κ2) is 7.96. The number of amides is 1. The lowest BCUT2D eigenvalue weighted by Crippen LogP contribution is -2.43. The van der Waals surface area contributed by atoms with E-state index in [4.69, 9.17) is 9.52 Å². The van der Waals surface area contributed by atoms with Gasteiger partial charge in [0.05, 0.1) is 5.69 Å². The number of carboxylic acid groups (broad SMARTS) is 1. The number of aromatic nitrogens is 1. The quantitative estimate of drug-likeness (QED) is 0.766. The third-order valence-electron chi connectivity index (χ3n) is 3.88. The van der Waals surface area contributed by atoms with Crippen LogP contribution in [0.4, 0.5) is 0 Å². The lowest BCUT2D eigenvalue weighted by atomic mass is 9.98. The van der Waals surface area contributed by atoms with E-state index in [0.717, 1.165) is 17.0 Å². The Hall–Kier alpha value is -2.63. The number of aryl methyl sites for hydroxylation is 2. The molecule has 0 saturated heterocycles. The van der Waals surface area contributed by atoms with Gasteiger partial charge in [-0.15, -0.1) is 0 Å². The first kappa shape index (κ1) is 18.7. The summed E-state index contributed by atoms with van der Waals surface area (Å²) in [4.78, 5) is 27.2. The topological polar surface area (TPSA) is 92.4 Å². The van der Waals surface area contributed by atoms with Gasteiger partial charge < -0.3 is 14.8 Å². The van der Waals surface area contributed by atoms with Crippen LogP contribution >= 0.6 is 0 Å². The molecule has 2 N–H and O–H groups in total. The Bertz CT molecular complexity index is 735. The number of carbonyl (C=O) groups is 2. The standard InChI is InChI=1S/C19H24N2O4/c1-13-18(14-7-5-4-6-8-14)25-16(20-13)10-9-15(22)21-19(2,3)12-11-17(23)24/h4-8H,9-12H2,1-3H3,(H,21,22)(H,23,24). The number of hydrogen-bond donors (Lipinski definition) is 2. The second-order valence-corrected chi connectivity index (χ2v) is 6.71. The molecule has 1 amide bonds. The van der Waals surface area contributed by atoms with Crippen LogP contribution in [0.5, 0.6) is 0 Å². The molecule has 6 nitrogen and oxygen atoms in total. The summed E-state index contributed by atoms with van der Waals surface area (Å²) < 4.78 is 5.79.